The zero-order valence-corrected chi connectivity index (χ0v) is 11.0. The standard InChI is InChI=1S/C9H10F2N2O3S2/c1-13(14)6-7-5-12-9(17-7)18(15,16)4-2-3-8(10)11/h3,5-6H,2,4H2,1H3/b13-6-. The molecule has 100 valence electrons. The average molecular weight is 296 g/mol. The van der Waals surface area contributed by atoms with Gasteiger partial charge in [-0.2, -0.15) is 8.78 Å². The first-order valence-corrected chi connectivity index (χ1v) is 7.23. The molecule has 0 aromatic carbocycles. The van der Waals surface area contributed by atoms with Crippen molar-refractivity contribution in [2.75, 3.05) is 12.8 Å². The normalized spacial score (nSPS) is 12.5. The van der Waals surface area contributed by atoms with Gasteiger partial charge in [-0.1, -0.05) is 11.3 Å². The van der Waals surface area contributed by atoms with Crippen LogP contribution in [-0.4, -0.2) is 37.2 Å². The summed E-state index contributed by atoms with van der Waals surface area (Å²) in [6, 6.07) is 0. The summed E-state index contributed by atoms with van der Waals surface area (Å²) in [4.78, 5) is 4.05. The first kappa shape index (κ1) is 14.7. The van der Waals surface area contributed by atoms with Crippen LogP contribution < -0.4 is 0 Å². The van der Waals surface area contributed by atoms with E-state index in [1.807, 2.05) is 0 Å². The molecule has 0 aliphatic rings. The Morgan fingerprint density at radius 3 is 2.83 bits per heavy atom. The van der Waals surface area contributed by atoms with Crippen molar-refractivity contribution in [2.24, 2.45) is 0 Å². The Bertz CT molecular complexity index is 570. The minimum atomic E-state index is -3.68. The Balaban J connectivity index is 2.83. The fourth-order valence-electron chi connectivity index (χ4n) is 1.06. The van der Waals surface area contributed by atoms with Gasteiger partial charge in [0.15, 0.2) is 6.21 Å². The summed E-state index contributed by atoms with van der Waals surface area (Å²) in [5, 5.41) is 10.7. The van der Waals surface area contributed by atoms with Gasteiger partial charge in [0, 0.05) is 0 Å². The van der Waals surface area contributed by atoms with Gasteiger partial charge in [0.1, 0.15) is 11.9 Å². The van der Waals surface area contributed by atoms with Crippen LogP contribution in [0, 0.1) is 5.21 Å². The van der Waals surface area contributed by atoms with Crippen LogP contribution in [0.15, 0.2) is 22.7 Å². The molecule has 0 bridgehead atoms. The predicted molar refractivity (Wildman–Crippen MR) is 63.8 cm³/mol. The smallest absolute Gasteiger partial charge is 0.266 e. The molecule has 0 saturated carbocycles. The van der Waals surface area contributed by atoms with Crippen molar-refractivity contribution < 1.29 is 21.9 Å². The highest BCUT2D eigenvalue weighted by Gasteiger charge is 2.18. The Hall–Kier alpha value is -1.35. The molecule has 0 aliphatic carbocycles. The molecule has 1 heterocycles. The van der Waals surface area contributed by atoms with Crippen molar-refractivity contribution in [3.63, 3.8) is 0 Å². The van der Waals surface area contributed by atoms with Crippen molar-refractivity contribution in [3.05, 3.63) is 28.4 Å². The van der Waals surface area contributed by atoms with Crippen molar-refractivity contribution in [3.8, 4) is 0 Å². The molecular formula is C9H10F2N2O3S2. The fraction of sp³-hybridized carbons (Fsp3) is 0.333. The number of rotatable bonds is 5. The molecule has 0 fully saturated rings. The maximum absolute atomic E-state index is 11.8. The lowest BCUT2D eigenvalue weighted by molar-refractivity contribution is -0.416. The van der Waals surface area contributed by atoms with Gasteiger partial charge < -0.3 is 5.21 Å². The van der Waals surface area contributed by atoms with Crippen LogP contribution in [0.4, 0.5) is 8.78 Å². The molecule has 9 heteroatoms. The zero-order valence-electron chi connectivity index (χ0n) is 9.34. The monoisotopic (exact) mass is 296 g/mol. The molecule has 1 aromatic rings. The van der Waals surface area contributed by atoms with Gasteiger partial charge in [-0.25, -0.2) is 18.1 Å². The molecule has 0 unspecified atom stereocenters. The Morgan fingerprint density at radius 1 is 1.61 bits per heavy atom. The molecule has 0 atom stereocenters. The van der Waals surface area contributed by atoms with Gasteiger partial charge in [0.2, 0.25) is 14.2 Å². The number of hydroxylamine groups is 1. The second-order valence-corrected chi connectivity index (χ2v) is 6.65. The number of nitrogens with zero attached hydrogens (tertiary/aromatic N) is 2. The van der Waals surface area contributed by atoms with Gasteiger partial charge in [-0.15, -0.1) is 0 Å². The van der Waals surface area contributed by atoms with Gasteiger partial charge in [-0.05, 0) is 12.5 Å². The highest BCUT2D eigenvalue weighted by molar-refractivity contribution is 7.93. The van der Waals surface area contributed by atoms with Crippen molar-refractivity contribution in [1.82, 2.24) is 4.98 Å². The third-order valence-electron chi connectivity index (χ3n) is 1.76. The van der Waals surface area contributed by atoms with Crippen molar-refractivity contribution >= 4 is 27.4 Å². The predicted octanol–water partition coefficient (Wildman–Crippen LogP) is 1.65. The zero-order chi connectivity index (χ0) is 13.8. The minimum Gasteiger partial charge on any atom is -0.624 e. The van der Waals surface area contributed by atoms with Crippen molar-refractivity contribution in [2.45, 2.75) is 10.8 Å². The molecule has 0 spiro atoms. The molecule has 0 N–H and O–H groups in total. The summed E-state index contributed by atoms with van der Waals surface area (Å²) in [5.41, 5.74) is 0. The third kappa shape index (κ3) is 4.49. The van der Waals surface area contributed by atoms with E-state index in [1.54, 1.807) is 0 Å². The summed E-state index contributed by atoms with van der Waals surface area (Å²) < 4.78 is 47.2. The lowest BCUT2D eigenvalue weighted by atomic mass is 10.5. The second kappa shape index (κ2) is 6.01. The van der Waals surface area contributed by atoms with Crippen LogP contribution in [0.3, 0.4) is 0 Å². The molecule has 0 radical (unpaired) electrons. The second-order valence-electron chi connectivity index (χ2n) is 3.31. The van der Waals surface area contributed by atoms with Gasteiger partial charge in [0.05, 0.1) is 11.9 Å². The van der Waals surface area contributed by atoms with E-state index >= 15 is 0 Å². The molecule has 18 heavy (non-hydrogen) atoms. The SMILES string of the molecule is C/[N+]([O-])=C/c1cnc(S(=O)(=O)CCC=C(F)F)s1. The number of allylic oxidation sites excluding steroid dienone is 1. The van der Waals surface area contributed by atoms with Crippen LogP contribution in [0.1, 0.15) is 11.3 Å². The number of sulfone groups is 1. The third-order valence-corrected chi connectivity index (χ3v) is 4.91. The van der Waals surface area contributed by atoms with E-state index in [4.69, 9.17) is 0 Å². The quantitative estimate of drug-likeness (QED) is 0.358. The first-order valence-electron chi connectivity index (χ1n) is 4.76. The maximum Gasteiger partial charge on any atom is 0.266 e. The van der Waals surface area contributed by atoms with Crippen LogP contribution in [0.25, 0.3) is 0 Å². The number of hydrogen-bond acceptors (Lipinski definition) is 5. The van der Waals surface area contributed by atoms with Crippen molar-refractivity contribution in [1.29, 1.82) is 0 Å². The minimum absolute atomic E-state index is 0.178. The maximum atomic E-state index is 11.8. The van der Waals surface area contributed by atoms with E-state index < -0.39 is 21.7 Å². The van der Waals surface area contributed by atoms with E-state index in [-0.39, 0.29) is 10.8 Å². The van der Waals surface area contributed by atoms with Gasteiger partial charge >= 0.3 is 0 Å². The summed E-state index contributed by atoms with van der Waals surface area (Å²) in [5.74, 6) is -0.440. The average Bonchev–Trinajstić information content (AvgIpc) is 2.64. The summed E-state index contributed by atoms with van der Waals surface area (Å²) >= 11 is 0.822. The number of halogens is 2. The Morgan fingerprint density at radius 2 is 2.28 bits per heavy atom. The summed E-state index contributed by atoms with van der Waals surface area (Å²) in [6.07, 6.45) is 0.787. The lowest BCUT2D eigenvalue weighted by Gasteiger charge is -1.96. The highest BCUT2D eigenvalue weighted by Crippen LogP contribution is 2.19. The number of aromatic nitrogens is 1. The van der Waals surface area contributed by atoms with E-state index in [0.29, 0.717) is 15.7 Å². The van der Waals surface area contributed by atoms with Gasteiger partial charge in [0.25, 0.3) is 6.08 Å². The van der Waals surface area contributed by atoms with E-state index in [9.17, 15) is 22.4 Å². The molecule has 5 nitrogen and oxygen atoms in total. The van der Waals surface area contributed by atoms with Crippen LogP contribution in [0.5, 0.6) is 0 Å². The topological polar surface area (TPSA) is 73.1 Å². The molecular weight excluding hydrogens is 286 g/mol. The van der Waals surface area contributed by atoms with Crippen LogP contribution >= 0.6 is 11.3 Å². The first-order chi connectivity index (χ1) is 8.31. The molecule has 0 amide bonds. The van der Waals surface area contributed by atoms with E-state index in [2.05, 4.69) is 4.98 Å². The lowest BCUT2D eigenvalue weighted by Crippen LogP contribution is -2.05. The highest BCUT2D eigenvalue weighted by atomic mass is 32.2. The van der Waals surface area contributed by atoms with E-state index in [0.717, 1.165) is 11.3 Å². The molecule has 0 aliphatic heterocycles. The Kier molecular flexibility index (Phi) is 4.91. The molecule has 1 rings (SSSR count). The van der Waals surface area contributed by atoms with Crippen LogP contribution in [-0.2, 0) is 9.84 Å². The van der Waals surface area contributed by atoms with E-state index in [1.165, 1.54) is 19.5 Å². The Labute approximate surface area is 107 Å². The fourth-order valence-corrected chi connectivity index (χ4v) is 3.54. The van der Waals surface area contributed by atoms with Crippen LogP contribution in [0.2, 0.25) is 0 Å². The molecule has 0 saturated heterocycles. The summed E-state index contributed by atoms with van der Waals surface area (Å²) in [7, 11) is -2.43. The number of thiazole rings is 1. The van der Waals surface area contributed by atoms with Gasteiger partial charge in [-0.3, -0.25) is 0 Å². The largest absolute Gasteiger partial charge is 0.624 e. The number of hydrogen-bond donors (Lipinski definition) is 0. The summed E-state index contributed by atoms with van der Waals surface area (Å²) in [6.45, 7) is 0. The molecule has 1 aromatic heterocycles.